The molecule has 3 rings (SSSR count). The Balaban J connectivity index is 1.59. The van der Waals surface area contributed by atoms with Gasteiger partial charge in [0.05, 0.1) is 17.8 Å². The maximum absolute atomic E-state index is 12.6. The lowest BCUT2D eigenvalue weighted by Crippen LogP contribution is -2.39. The van der Waals surface area contributed by atoms with E-state index in [1.807, 2.05) is 0 Å². The SMILES string of the molecule is O=C(NCc1ccc(-n2ccc(C(F)(F)F)n2)cc1)C1CC(O)CN1. The van der Waals surface area contributed by atoms with Crippen LogP contribution < -0.4 is 10.6 Å². The number of carbonyl (C=O) groups excluding carboxylic acids is 1. The number of benzene rings is 1. The molecule has 6 nitrogen and oxygen atoms in total. The Bertz CT molecular complexity index is 743. The largest absolute Gasteiger partial charge is 0.435 e. The van der Waals surface area contributed by atoms with E-state index in [0.29, 0.717) is 25.2 Å². The third-order valence-corrected chi connectivity index (χ3v) is 3.97. The van der Waals surface area contributed by atoms with E-state index in [2.05, 4.69) is 15.7 Å². The van der Waals surface area contributed by atoms with Crippen molar-refractivity contribution in [2.75, 3.05) is 6.54 Å². The van der Waals surface area contributed by atoms with E-state index in [4.69, 9.17) is 0 Å². The molecule has 1 aliphatic heterocycles. The zero-order chi connectivity index (χ0) is 18.0. The molecule has 0 spiro atoms. The highest BCUT2D eigenvalue weighted by Gasteiger charge is 2.33. The number of amides is 1. The fraction of sp³-hybridized carbons (Fsp3) is 0.375. The minimum Gasteiger partial charge on any atom is -0.392 e. The number of carbonyl (C=O) groups is 1. The maximum Gasteiger partial charge on any atom is 0.435 e. The lowest BCUT2D eigenvalue weighted by Gasteiger charge is -2.11. The van der Waals surface area contributed by atoms with Gasteiger partial charge in [0.1, 0.15) is 0 Å². The molecule has 0 bridgehead atoms. The maximum atomic E-state index is 12.6. The number of halogens is 3. The Morgan fingerprint density at radius 1 is 1.32 bits per heavy atom. The molecule has 1 amide bonds. The van der Waals surface area contributed by atoms with Crippen LogP contribution in [0.15, 0.2) is 36.5 Å². The molecule has 1 fully saturated rings. The predicted octanol–water partition coefficient (Wildman–Crippen LogP) is 1.23. The Hall–Kier alpha value is -2.39. The molecule has 9 heteroatoms. The first kappa shape index (κ1) is 17.4. The van der Waals surface area contributed by atoms with Gasteiger partial charge in [0, 0.05) is 19.3 Å². The molecule has 25 heavy (non-hydrogen) atoms. The molecule has 3 N–H and O–H groups in total. The summed E-state index contributed by atoms with van der Waals surface area (Å²) in [5, 5.41) is 18.6. The van der Waals surface area contributed by atoms with Gasteiger partial charge in [-0.3, -0.25) is 4.79 Å². The molecule has 0 saturated carbocycles. The zero-order valence-corrected chi connectivity index (χ0v) is 13.1. The smallest absolute Gasteiger partial charge is 0.392 e. The van der Waals surface area contributed by atoms with Crippen molar-refractivity contribution < 1.29 is 23.1 Å². The Labute approximate surface area is 141 Å². The van der Waals surface area contributed by atoms with Crippen LogP contribution in [0.25, 0.3) is 5.69 Å². The molecule has 1 aromatic carbocycles. The lowest BCUT2D eigenvalue weighted by molar-refractivity contribution is -0.141. The van der Waals surface area contributed by atoms with Gasteiger partial charge >= 0.3 is 6.18 Å². The Kier molecular flexibility index (Phi) is 4.78. The van der Waals surface area contributed by atoms with Crippen LogP contribution in [0.5, 0.6) is 0 Å². The monoisotopic (exact) mass is 354 g/mol. The first-order valence-corrected chi connectivity index (χ1v) is 7.74. The van der Waals surface area contributed by atoms with Gasteiger partial charge in [-0.2, -0.15) is 18.3 Å². The van der Waals surface area contributed by atoms with Crippen LogP contribution >= 0.6 is 0 Å². The van der Waals surface area contributed by atoms with Crippen LogP contribution in [-0.4, -0.2) is 39.5 Å². The van der Waals surface area contributed by atoms with E-state index >= 15 is 0 Å². The number of aromatic nitrogens is 2. The summed E-state index contributed by atoms with van der Waals surface area (Å²) >= 11 is 0. The number of β-amino-alcohol motifs (C(OH)–C–C–N with tert-alkyl or cyclic N) is 1. The van der Waals surface area contributed by atoms with Crippen LogP contribution in [0.4, 0.5) is 13.2 Å². The Morgan fingerprint density at radius 3 is 2.60 bits per heavy atom. The average Bonchev–Trinajstić information content (AvgIpc) is 3.22. The molecule has 1 aromatic heterocycles. The first-order valence-electron chi connectivity index (χ1n) is 7.74. The third-order valence-electron chi connectivity index (χ3n) is 3.97. The summed E-state index contributed by atoms with van der Waals surface area (Å²) in [6.45, 7) is 0.691. The van der Waals surface area contributed by atoms with Crippen molar-refractivity contribution in [3.8, 4) is 5.69 Å². The van der Waals surface area contributed by atoms with Crippen LogP contribution in [-0.2, 0) is 17.5 Å². The summed E-state index contributed by atoms with van der Waals surface area (Å²) in [6, 6.07) is 7.19. The first-order chi connectivity index (χ1) is 11.8. The molecule has 2 heterocycles. The van der Waals surface area contributed by atoms with Gasteiger partial charge in [-0.1, -0.05) is 12.1 Å². The molecule has 2 atom stereocenters. The molecular weight excluding hydrogens is 337 g/mol. The molecule has 2 aromatic rings. The van der Waals surface area contributed by atoms with E-state index < -0.39 is 24.0 Å². The number of hydrogen-bond donors (Lipinski definition) is 3. The van der Waals surface area contributed by atoms with Crippen LogP contribution in [0, 0.1) is 0 Å². The molecule has 1 saturated heterocycles. The highest BCUT2D eigenvalue weighted by Crippen LogP contribution is 2.27. The van der Waals surface area contributed by atoms with Gasteiger partial charge in [0.2, 0.25) is 5.91 Å². The van der Waals surface area contributed by atoms with E-state index in [0.717, 1.165) is 16.3 Å². The minimum absolute atomic E-state index is 0.192. The summed E-state index contributed by atoms with van der Waals surface area (Å²) in [5.74, 6) is -0.192. The number of nitrogens with one attached hydrogen (secondary N) is 2. The second-order valence-electron chi connectivity index (χ2n) is 5.88. The average molecular weight is 354 g/mol. The second kappa shape index (κ2) is 6.85. The zero-order valence-electron chi connectivity index (χ0n) is 13.1. The van der Waals surface area contributed by atoms with Gasteiger partial charge in [0.15, 0.2) is 5.69 Å². The van der Waals surface area contributed by atoms with E-state index in [1.165, 1.54) is 6.20 Å². The van der Waals surface area contributed by atoms with Gasteiger partial charge < -0.3 is 15.7 Å². The molecule has 134 valence electrons. The number of hydrogen-bond acceptors (Lipinski definition) is 4. The van der Waals surface area contributed by atoms with Crippen molar-refractivity contribution in [1.82, 2.24) is 20.4 Å². The molecule has 0 radical (unpaired) electrons. The highest BCUT2D eigenvalue weighted by atomic mass is 19.4. The van der Waals surface area contributed by atoms with Gasteiger partial charge in [-0.25, -0.2) is 4.68 Å². The van der Waals surface area contributed by atoms with Crippen LogP contribution in [0.3, 0.4) is 0 Å². The quantitative estimate of drug-likeness (QED) is 0.772. The summed E-state index contributed by atoms with van der Waals surface area (Å²) in [6.07, 6.45) is -3.36. The number of rotatable bonds is 4. The van der Waals surface area contributed by atoms with Crippen molar-refractivity contribution in [2.45, 2.75) is 31.3 Å². The number of alkyl halides is 3. The van der Waals surface area contributed by atoms with Crippen molar-refractivity contribution in [2.24, 2.45) is 0 Å². The number of nitrogens with zero attached hydrogens (tertiary/aromatic N) is 2. The fourth-order valence-electron chi connectivity index (χ4n) is 2.61. The minimum atomic E-state index is -4.47. The summed E-state index contributed by atoms with van der Waals surface area (Å²) < 4.78 is 38.9. The molecular formula is C16H17F3N4O2. The molecule has 0 aliphatic carbocycles. The molecule has 2 unspecified atom stereocenters. The van der Waals surface area contributed by atoms with E-state index in [-0.39, 0.29) is 5.91 Å². The van der Waals surface area contributed by atoms with Crippen molar-refractivity contribution >= 4 is 5.91 Å². The lowest BCUT2D eigenvalue weighted by atomic mass is 10.1. The summed E-state index contributed by atoms with van der Waals surface area (Å²) in [7, 11) is 0. The summed E-state index contributed by atoms with van der Waals surface area (Å²) in [5.41, 5.74) is 0.347. The third kappa shape index (κ3) is 4.18. The van der Waals surface area contributed by atoms with E-state index in [1.54, 1.807) is 24.3 Å². The second-order valence-corrected chi connectivity index (χ2v) is 5.88. The standard InChI is InChI=1S/C16H17F3N4O2/c17-16(18,19)14-5-6-23(22-14)11-3-1-10(2-4-11)8-21-15(25)13-7-12(24)9-20-13/h1-6,12-13,20,24H,7-9H2,(H,21,25). The van der Waals surface area contributed by atoms with Crippen LogP contribution in [0.2, 0.25) is 0 Å². The van der Waals surface area contributed by atoms with Gasteiger partial charge in [-0.15, -0.1) is 0 Å². The highest BCUT2D eigenvalue weighted by molar-refractivity contribution is 5.82. The van der Waals surface area contributed by atoms with E-state index in [9.17, 15) is 23.1 Å². The summed E-state index contributed by atoms with van der Waals surface area (Å²) in [4.78, 5) is 11.9. The fourth-order valence-corrected chi connectivity index (χ4v) is 2.61. The predicted molar refractivity (Wildman–Crippen MR) is 82.8 cm³/mol. The Morgan fingerprint density at radius 2 is 2.04 bits per heavy atom. The topological polar surface area (TPSA) is 79.2 Å². The molecule has 1 aliphatic rings. The van der Waals surface area contributed by atoms with Crippen molar-refractivity contribution in [3.63, 3.8) is 0 Å². The van der Waals surface area contributed by atoms with Crippen LogP contribution in [0.1, 0.15) is 17.7 Å². The normalized spacial score (nSPS) is 20.6. The van der Waals surface area contributed by atoms with Crippen molar-refractivity contribution in [1.29, 1.82) is 0 Å². The van der Waals surface area contributed by atoms with Crippen molar-refractivity contribution in [3.05, 3.63) is 47.8 Å². The van der Waals surface area contributed by atoms with Gasteiger partial charge in [-0.05, 0) is 30.2 Å². The number of aliphatic hydroxyl groups excluding tert-OH is 1. The number of aliphatic hydroxyl groups is 1. The van der Waals surface area contributed by atoms with Gasteiger partial charge in [0.25, 0.3) is 0 Å².